The predicted molar refractivity (Wildman–Crippen MR) is 145 cm³/mol. The Bertz CT molecular complexity index is 1850. The van der Waals surface area contributed by atoms with E-state index in [0.717, 1.165) is 11.8 Å². The van der Waals surface area contributed by atoms with Gasteiger partial charge in [-0.3, -0.25) is 19.1 Å². The third kappa shape index (κ3) is 4.50. The minimum absolute atomic E-state index is 0.00629. The minimum Gasteiger partial charge on any atom is -0.329 e. The first-order valence-electron chi connectivity index (χ1n) is 12.0. The molecule has 1 fully saturated rings. The minimum atomic E-state index is -3.79. The molecule has 0 amide bonds. The number of sulfone groups is 1. The van der Waals surface area contributed by atoms with Crippen LogP contribution < -0.4 is 11.1 Å². The van der Waals surface area contributed by atoms with Gasteiger partial charge in [-0.1, -0.05) is 17.7 Å². The summed E-state index contributed by atoms with van der Waals surface area (Å²) in [5.41, 5.74) is 3.65. The lowest BCUT2D eigenvalue weighted by molar-refractivity contribution is 0.572. The van der Waals surface area contributed by atoms with E-state index in [1.807, 2.05) is 19.1 Å². The van der Waals surface area contributed by atoms with Gasteiger partial charge in [0.1, 0.15) is 9.92 Å². The summed E-state index contributed by atoms with van der Waals surface area (Å²) in [7, 11) is -3.79. The molecule has 3 aromatic heterocycles. The van der Waals surface area contributed by atoms with Crippen molar-refractivity contribution in [3.8, 4) is 16.9 Å². The van der Waals surface area contributed by atoms with Gasteiger partial charge in [-0.2, -0.15) is 0 Å². The van der Waals surface area contributed by atoms with Crippen molar-refractivity contribution in [2.75, 3.05) is 6.26 Å². The van der Waals surface area contributed by atoms with Crippen molar-refractivity contribution in [1.29, 1.82) is 0 Å². The molecule has 0 spiro atoms. The number of nitrogens with one attached hydrogen (secondary N) is 1. The number of aromatic amines is 1. The fourth-order valence-electron chi connectivity index (χ4n) is 4.97. The van der Waals surface area contributed by atoms with Gasteiger partial charge in [0.25, 0.3) is 11.1 Å². The van der Waals surface area contributed by atoms with E-state index in [2.05, 4.69) is 9.97 Å². The van der Waals surface area contributed by atoms with Gasteiger partial charge < -0.3 is 4.98 Å². The first-order chi connectivity index (χ1) is 17.9. The molecule has 0 aliphatic heterocycles. The third-order valence-corrected chi connectivity index (χ3v) is 8.48. The number of hydrogen-bond acceptors (Lipinski definition) is 5. The van der Waals surface area contributed by atoms with E-state index in [0.29, 0.717) is 34.5 Å². The highest BCUT2D eigenvalue weighted by atomic mass is 35.5. The van der Waals surface area contributed by atoms with Crippen LogP contribution in [0.15, 0.2) is 63.3 Å². The zero-order valence-corrected chi connectivity index (χ0v) is 22.7. The van der Waals surface area contributed by atoms with Crippen molar-refractivity contribution in [2.24, 2.45) is 0 Å². The van der Waals surface area contributed by atoms with Crippen LogP contribution >= 0.6 is 11.6 Å². The smallest absolute Gasteiger partial charge is 0.274 e. The molecule has 196 valence electrons. The normalized spacial score (nSPS) is 17.0. The van der Waals surface area contributed by atoms with Crippen molar-refractivity contribution < 1.29 is 12.8 Å². The molecule has 1 N–H and O–H groups in total. The van der Waals surface area contributed by atoms with Crippen molar-refractivity contribution in [1.82, 2.24) is 14.5 Å². The van der Waals surface area contributed by atoms with Gasteiger partial charge in [-0.05, 0) is 86.1 Å². The van der Waals surface area contributed by atoms with Crippen LogP contribution in [-0.2, 0) is 9.84 Å². The molecule has 1 saturated carbocycles. The van der Waals surface area contributed by atoms with Crippen LogP contribution in [0.4, 0.5) is 4.39 Å². The van der Waals surface area contributed by atoms with Crippen LogP contribution in [0.25, 0.3) is 16.9 Å². The summed E-state index contributed by atoms with van der Waals surface area (Å²) < 4.78 is 40.6. The Balaban J connectivity index is 1.58. The Hall–Kier alpha value is -3.56. The van der Waals surface area contributed by atoms with Gasteiger partial charge >= 0.3 is 0 Å². The van der Waals surface area contributed by atoms with Gasteiger partial charge in [0.15, 0.2) is 15.7 Å². The summed E-state index contributed by atoms with van der Waals surface area (Å²) in [6.07, 6.45) is 4.82. The number of H-pyrrole nitrogens is 1. The number of nitrogens with zero attached hydrogens (tertiary/aromatic N) is 2. The Morgan fingerprint density at radius 1 is 1.08 bits per heavy atom. The van der Waals surface area contributed by atoms with E-state index in [1.165, 1.54) is 29.0 Å². The third-order valence-electron chi connectivity index (χ3n) is 6.98. The summed E-state index contributed by atoms with van der Waals surface area (Å²) in [6.45, 7) is 5.45. The van der Waals surface area contributed by atoms with Crippen molar-refractivity contribution >= 4 is 21.4 Å². The maximum Gasteiger partial charge on any atom is 0.274 e. The number of benzene rings is 1. The Kier molecular flexibility index (Phi) is 6.39. The van der Waals surface area contributed by atoms with Crippen molar-refractivity contribution in [3.05, 3.63) is 108 Å². The molecule has 0 saturated heterocycles. The highest BCUT2D eigenvalue weighted by Crippen LogP contribution is 2.55. The lowest BCUT2D eigenvalue weighted by Crippen LogP contribution is -2.23. The quantitative estimate of drug-likeness (QED) is 0.375. The van der Waals surface area contributed by atoms with Crippen LogP contribution in [0.3, 0.4) is 0 Å². The van der Waals surface area contributed by atoms with Gasteiger partial charge in [0.2, 0.25) is 0 Å². The highest BCUT2D eigenvalue weighted by Gasteiger charge is 2.43. The molecule has 10 heteroatoms. The van der Waals surface area contributed by atoms with Gasteiger partial charge in [-0.25, -0.2) is 12.8 Å². The lowest BCUT2D eigenvalue weighted by Gasteiger charge is -2.17. The highest BCUT2D eigenvalue weighted by molar-refractivity contribution is 7.90. The molecule has 3 heterocycles. The molecule has 0 radical (unpaired) electrons. The molecular formula is C28H25ClFN3O4S. The second kappa shape index (κ2) is 9.32. The molecular weight excluding hydrogens is 529 g/mol. The van der Waals surface area contributed by atoms with E-state index in [4.69, 9.17) is 11.6 Å². The Morgan fingerprint density at radius 2 is 1.79 bits per heavy atom. The number of hydrogen-bond donors (Lipinski definition) is 1. The maximum atomic E-state index is 15.2. The molecule has 0 bridgehead atoms. The second-order valence-corrected chi connectivity index (χ2v) is 12.2. The first-order valence-corrected chi connectivity index (χ1v) is 14.2. The molecule has 1 aromatic carbocycles. The molecule has 7 nitrogen and oxygen atoms in total. The van der Waals surface area contributed by atoms with E-state index >= 15 is 4.39 Å². The van der Waals surface area contributed by atoms with E-state index in [9.17, 15) is 18.0 Å². The van der Waals surface area contributed by atoms with Crippen LogP contribution in [0.5, 0.6) is 0 Å². The van der Waals surface area contributed by atoms with Crippen molar-refractivity contribution in [2.45, 2.75) is 43.9 Å². The van der Waals surface area contributed by atoms with Gasteiger partial charge in [0.05, 0.1) is 11.4 Å². The van der Waals surface area contributed by atoms with Crippen molar-refractivity contribution in [3.63, 3.8) is 0 Å². The monoisotopic (exact) mass is 553 g/mol. The Labute approximate surface area is 223 Å². The molecule has 5 rings (SSSR count). The molecule has 2 atom stereocenters. The fourth-order valence-corrected chi connectivity index (χ4v) is 6.01. The van der Waals surface area contributed by atoms with Crippen LogP contribution in [0.2, 0.25) is 5.02 Å². The van der Waals surface area contributed by atoms with Gasteiger partial charge in [-0.15, -0.1) is 0 Å². The molecule has 1 aliphatic rings. The zero-order chi connectivity index (χ0) is 27.5. The van der Waals surface area contributed by atoms with Crippen LogP contribution in [-0.4, -0.2) is 29.2 Å². The van der Waals surface area contributed by atoms with E-state index in [1.54, 1.807) is 26.1 Å². The maximum absolute atomic E-state index is 15.2. The topological polar surface area (TPSA) is 102 Å². The number of rotatable bonds is 5. The Morgan fingerprint density at radius 3 is 2.50 bits per heavy atom. The van der Waals surface area contributed by atoms with E-state index in [-0.39, 0.29) is 33.7 Å². The van der Waals surface area contributed by atoms with Crippen LogP contribution in [0, 0.1) is 26.6 Å². The summed E-state index contributed by atoms with van der Waals surface area (Å²) >= 11 is 6.62. The average Bonchev–Trinajstić information content (AvgIpc) is 3.64. The fraction of sp³-hybridized carbons (Fsp3) is 0.250. The molecule has 1 aliphatic carbocycles. The molecule has 38 heavy (non-hydrogen) atoms. The molecule has 0 unspecified atom stereocenters. The van der Waals surface area contributed by atoms with E-state index < -0.39 is 26.1 Å². The summed E-state index contributed by atoms with van der Waals surface area (Å²) in [5, 5.41) is 0.0650. The average molecular weight is 554 g/mol. The number of pyridine rings is 3. The van der Waals surface area contributed by atoms with Crippen LogP contribution in [0.1, 0.15) is 46.2 Å². The zero-order valence-electron chi connectivity index (χ0n) is 21.2. The standard InChI is InChI=1S/C28H25ClFN3O4S/c1-14-8-21(27(34)32-12-14)19-10-18(19)20-9-16(3)33(28(35)25(20)29)23-11-22(31-13-15(23)2)17-6-5-7-24(26(17)30)38(4,36)37/h5-9,11-13,18-19H,10H2,1-4H3,(H,32,34)/t18-,19-/m0/s1. The predicted octanol–water partition coefficient (Wildman–Crippen LogP) is 4.98. The summed E-state index contributed by atoms with van der Waals surface area (Å²) in [4.78, 5) is 32.5. The SMILES string of the molecule is Cc1c[nH]c(=O)c([C@H]2C[C@@H]2c2cc(C)n(-c3cc(-c4cccc(S(C)(=O)=O)c4F)ncc3C)c(=O)c2Cl)c1. The number of aryl methyl sites for hydroxylation is 3. The lowest BCUT2D eigenvalue weighted by atomic mass is 10.0. The summed E-state index contributed by atoms with van der Waals surface area (Å²) in [5.74, 6) is -0.973. The second-order valence-electron chi connectivity index (χ2n) is 9.85. The molecule has 4 aromatic rings. The first kappa shape index (κ1) is 26.1. The summed E-state index contributed by atoms with van der Waals surface area (Å²) in [6, 6.07) is 9.36. The number of aromatic nitrogens is 3. The largest absolute Gasteiger partial charge is 0.329 e. The van der Waals surface area contributed by atoms with Gasteiger partial charge in [0, 0.05) is 35.5 Å². The number of halogens is 2.